The smallest absolute Gasteiger partial charge is 0.242 e. The first-order valence-corrected chi connectivity index (χ1v) is 11.7. The van der Waals surface area contributed by atoms with Gasteiger partial charge in [0.1, 0.15) is 5.75 Å². The molecule has 0 bridgehead atoms. The van der Waals surface area contributed by atoms with E-state index in [1.807, 2.05) is 0 Å². The number of ether oxygens (including phenoxy) is 1. The van der Waals surface area contributed by atoms with Crippen LogP contribution in [0.2, 0.25) is 0 Å². The zero-order valence-corrected chi connectivity index (χ0v) is 17.0. The molecule has 2 rings (SSSR count). The Hall–Kier alpha value is -2.10. The molecule has 0 aliphatic rings. The maximum absolute atomic E-state index is 12.4. The Morgan fingerprint density at radius 3 is 2.15 bits per heavy atom. The van der Waals surface area contributed by atoms with Gasteiger partial charge in [-0.25, -0.2) is 21.1 Å². The van der Waals surface area contributed by atoms with Crippen LogP contribution in [-0.4, -0.2) is 47.6 Å². The first-order valence-electron chi connectivity index (χ1n) is 8.40. The molecule has 27 heavy (non-hydrogen) atoms. The van der Waals surface area contributed by atoms with Gasteiger partial charge in [0, 0.05) is 19.3 Å². The van der Waals surface area contributed by atoms with Crippen LogP contribution in [0.4, 0.5) is 5.69 Å². The molecule has 0 unspecified atom stereocenters. The van der Waals surface area contributed by atoms with Gasteiger partial charge in [-0.3, -0.25) is 4.72 Å². The monoisotopic (exact) mass is 412 g/mol. The minimum absolute atomic E-state index is 0.284. The summed E-state index contributed by atoms with van der Waals surface area (Å²) in [6, 6.07) is 14.9. The molecule has 148 valence electrons. The summed E-state index contributed by atoms with van der Waals surface area (Å²) in [7, 11) is -5.19. The fourth-order valence-electron chi connectivity index (χ4n) is 2.35. The first-order chi connectivity index (χ1) is 12.7. The van der Waals surface area contributed by atoms with Gasteiger partial charge < -0.3 is 4.74 Å². The molecule has 9 heteroatoms. The van der Waals surface area contributed by atoms with Gasteiger partial charge in [0.25, 0.3) is 0 Å². The fourth-order valence-corrected chi connectivity index (χ4v) is 4.15. The summed E-state index contributed by atoms with van der Waals surface area (Å²) in [5, 5.41) is 0. The van der Waals surface area contributed by atoms with Gasteiger partial charge in [-0.1, -0.05) is 18.2 Å². The molecule has 7 nitrogen and oxygen atoms in total. The third-order valence-corrected chi connectivity index (χ3v) is 6.22. The zero-order valence-electron chi connectivity index (χ0n) is 15.3. The summed E-state index contributed by atoms with van der Waals surface area (Å²) in [5.41, 5.74) is 0.470. The molecule has 0 atom stereocenters. The van der Waals surface area contributed by atoms with Crippen molar-refractivity contribution in [3.8, 4) is 5.75 Å². The van der Waals surface area contributed by atoms with E-state index in [1.165, 1.54) is 4.31 Å². The molecule has 0 aliphatic carbocycles. The molecule has 0 saturated carbocycles. The van der Waals surface area contributed by atoms with Gasteiger partial charge in [0.05, 0.1) is 17.8 Å². The van der Waals surface area contributed by atoms with Crippen molar-refractivity contribution >= 4 is 25.7 Å². The molecule has 0 amide bonds. The van der Waals surface area contributed by atoms with E-state index in [0.717, 1.165) is 6.26 Å². The average Bonchev–Trinajstić information content (AvgIpc) is 2.62. The van der Waals surface area contributed by atoms with Crippen molar-refractivity contribution in [1.29, 1.82) is 0 Å². The third-order valence-electron chi connectivity index (χ3n) is 3.75. The molecule has 0 fully saturated rings. The van der Waals surface area contributed by atoms with Crippen LogP contribution in [0.25, 0.3) is 0 Å². The fraction of sp³-hybridized carbons (Fsp3) is 0.333. The highest BCUT2D eigenvalue weighted by Crippen LogP contribution is 2.17. The Morgan fingerprint density at radius 2 is 1.56 bits per heavy atom. The van der Waals surface area contributed by atoms with Gasteiger partial charge >= 0.3 is 0 Å². The second-order valence-electron chi connectivity index (χ2n) is 6.09. The highest BCUT2D eigenvalue weighted by atomic mass is 32.2. The molecule has 0 aliphatic heterocycles. The lowest BCUT2D eigenvalue weighted by molar-refractivity contribution is 0.301. The normalized spacial score (nSPS) is 12.1. The van der Waals surface area contributed by atoms with Crippen molar-refractivity contribution in [1.82, 2.24) is 4.31 Å². The number of anilines is 1. The lowest BCUT2D eigenvalue weighted by Gasteiger charge is -2.17. The molecular weight excluding hydrogens is 388 g/mol. The van der Waals surface area contributed by atoms with Gasteiger partial charge in [-0.2, -0.15) is 0 Å². The molecule has 0 aromatic heterocycles. The number of hydrogen-bond acceptors (Lipinski definition) is 5. The van der Waals surface area contributed by atoms with Gasteiger partial charge in [0.15, 0.2) is 0 Å². The van der Waals surface area contributed by atoms with Crippen LogP contribution in [-0.2, 0) is 20.0 Å². The van der Waals surface area contributed by atoms with Crippen molar-refractivity contribution in [2.24, 2.45) is 0 Å². The topological polar surface area (TPSA) is 92.8 Å². The second kappa shape index (κ2) is 9.20. The average molecular weight is 413 g/mol. The number of nitrogens with zero attached hydrogens (tertiary/aromatic N) is 1. The van der Waals surface area contributed by atoms with E-state index in [9.17, 15) is 16.8 Å². The highest BCUT2D eigenvalue weighted by Gasteiger charge is 2.19. The lowest BCUT2D eigenvalue weighted by atomic mass is 10.3. The summed E-state index contributed by atoms with van der Waals surface area (Å²) in [6.45, 7) is 0.843. The summed E-state index contributed by atoms with van der Waals surface area (Å²) in [4.78, 5) is 0.284. The summed E-state index contributed by atoms with van der Waals surface area (Å²) < 4.78 is 56.4. The quantitative estimate of drug-likeness (QED) is 0.606. The summed E-state index contributed by atoms with van der Waals surface area (Å²) >= 11 is 0. The minimum Gasteiger partial charge on any atom is -0.494 e. The number of rotatable bonds is 10. The first kappa shape index (κ1) is 21.2. The lowest BCUT2D eigenvalue weighted by Crippen LogP contribution is -2.28. The van der Waals surface area contributed by atoms with Crippen molar-refractivity contribution in [2.45, 2.75) is 17.7 Å². The van der Waals surface area contributed by atoms with Crippen molar-refractivity contribution in [3.63, 3.8) is 0 Å². The van der Waals surface area contributed by atoms with Crippen LogP contribution in [0.15, 0.2) is 59.5 Å². The number of benzene rings is 2. The molecule has 2 aromatic carbocycles. The molecule has 1 N–H and O–H groups in total. The van der Waals surface area contributed by atoms with Crippen LogP contribution in [0.3, 0.4) is 0 Å². The summed E-state index contributed by atoms with van der Waals surface area (Å²) in [5.74, 6) is 0.624. The van der Waals surface area contributed by atoms with Crippen LogP contribution < -0.4 is 9.46 Å². The SMILES string of the molecule is CN(CCCCOc1ccc(NS(C)(=O)=O)cc1)S(=O)(=O)c1ccccc1. The van der Waals surface area contributed by atoms with Crippen molar-refractivity contribution < 1.29 is 21.6 Å². The van der Waals surface area contributed by atoms with Crippen LogP contribution in [0.1, 0.15) is 12.8 Å². The van der Waals surface area contributed by atoms with E-state index in [4.69, 9.17) is 4.74 Å². The molecule has 0 spiro atoms. The maximum atomic E-state index is 12.4. The standard InChI is InChI=1S/C18H24N2O5S2/c1-20(27(23,24)18-8-4-3-5-9-18)14-6-7-15-25-17-12-10-16(11-13-17)19-26(2,21)22/h3-5,8-13,19H,6-7,14-15H2,1-2H3. The zero-order chi connectivity index (χ0) is 19.9. The Kier molecular flexibility index (Phi) is 7.23. The van der Waals surface area contributed by atoms with Gasteiger partial charge in [-0.15, -0.1) is 0 Å². The molecule has 0 heterocycles. The Bertz CT molecular complexity index is 927. The predicted octanol–water partition coefficient (Wildman–Crippen LogP) is 2.54. The van der Waals surface area contributed by atoms with E-state index in [-0.39, 0.29) is 4.90 Å². The van der Waals surface area contributed by atoms with E-state index in [2.05, 4.69) is 4.72 Å². The van der Waals surface area contributed by atoms with E-state index in [0.29, 0.717) is 37.4 Å². The van der Waals surface area contributed by atoms with E-state index >= 15 is 0 Å². The summed E-state index contributed by atoms with van der Waals surface area (Å²) in [6.07, 6.45) is 2.45. The molecule has 0 radical (unpaired) electrons. The Morgan fingerprint density at radius 1 is 0.926 bits per heavy atom. The van der Waals surface area contributed by atoms with Crippen LogP contribution in [0.5, 0.6) is 5.75 Å². The number of sulfonamides is 2. The number of nitrogens with one attached hydrogen (secondary N) is 1. The number of unbranched alkanes of at least 4 members (excludes halogenated alkanes) is 1. The largest absolute Gasteiger partial charge is 0.494 e. The maximum Gasteiger partial charge on any atom is 0.242 e. The minimum atomic E-state index is -3.46. The van der Waals surface area contributed by atoms with E-state index in [1.54, 1.807) is 61.6 Å². The molecule has 2 aromatic rings. The molecular formula is C18H24N2O5S2. The molecule has 0 saturated heterocycles. The van der Waals surface area contributed by atoms with Crippen molar-refractivity contribution in [3.05, 3.63) is 54.6 Å². The Balaban J connectivity index is 1.74. The highest BCUT2D eigenvalue weighted by molar-refractivity contribution is 7.92. The second-order valence-corrected chi connectivity index (χ2v) is 9.89. The van der Waals surface area contributed by atoms with Crippen LogP contribution in [0, 0.1) is 0 Å². The van der Waals surface area contributed by atoms with Crippen LogP contribution >= 0.6 is 0 Å². The Labute approximate surface area is 161 Å². The van der Waals surface area contributed by atoms with Gasteiger partial charge in [-0.05, 0) is 49.2 Å². The third kappa shape index (κ3) is 6.85. The predicted molar refractivity (Wildman–Crippen MR) is 106 cm³/mol. The van der Waals surface area contributed by atoms with E-state index < -0.39 is 20.0 Å². The number of hydrogen-bond donors (Lipinski definition) is 1. The van der Waals surface area contributed by atoms with Crippen molar-refractivity contribution in [2.75, 3.05) is 31.2 Å². The van der Waals surface area contributed by atoms with Gasteiger partial charge in [0.2, 0.25) is 20.0 Å².